The van der Waals surface area contributed by atoms with Gasteiger partial charge in [0.1, 0.15) is 24.4 Å². The Morgan fingerprint density at radius 3 is 2.72 bits per heavy atom. The molecular formula is C26H39N5O5. The topological polar surface area (TPSA) is 129 Å². The fourth-order valence-corrected chi connectivity index (χ4v) is 4.67. The summed E-state index contributed by atoms with van der Waals surface area (Å²) >= 11 is 0. The first-order valence-electron chi connectivity index (χ1n) is 13.0. The second-order valence-electron chi connectivity index (χ2n) is 9.47. The van der Waals surface area contributed by atoms with Crippen molar-refractivity contribution in [2.24, 2.45) is 5.92 Å². The van der Waals surface area contributed by atoms with Crippen molar-refractivity contribution in [3.8, 4) is 5.75 Å². The number of para-hydroxylation sites is 1. The van der Waals surface area contributed by atoms with E-state index >= 15 is 0 Å². The van der Waals surface area contributed by atoms with Crippen LogP contribution in [0.15, 0.2) is 24.3 Å². The van der Waals surface area contributed by atoms with E-state index in [-0.39, 0.29) is 43.0 Å². The molecule has 10 heteroatoms. The van der Waals surface area contributed by atoms with Crippen molar-refractivity contribution in [3.05, 3.63) is 29.8 Å². The maximum absolute atomic E-state index is 13.2. The molecule has 36 heavy (non-hydrogen) atoms. The average molecular weight is 502 g/mol. The Morgan fingerprint density at radius 1 is 1.19 bits per heavy atom. The molecule has 4 N–H and O–H groups in total. The van der Waals surface area contributed by atoms with Crippen LogP contribution in [-0.4, -0.2) is 79.4 Å². The fraction of sp³-hybridized carbons (Fsp3) is 0.615. The number of ether oxygens (including phenoxy) is 1. The summed E-state index contributed by atoms with van der Waals surface area (Å²) in [6, 6.07) is 5.07. The molecule has 198 valence electrons. The summed E-state index contributed by atoms with van der Waals surface area (Å²) < 4.78 is 5.76. The van der Waals surface area contributed by atoms with E-state index in [1.807, 2.05) is 13.8 Å². The maximum atomic E-state index is 13.2. The normalized spacial score (nSPS) is 24.9. The number of likely N-dealkylation sites (tertiary alicyclic amines) is 1. The zero-order chi connectivity index (χ0) is 26.1. The molecular weight excluding hydrogens is 462 g/mol. The Bertz CT molecular complexity index is 939. The second kappa shape index (κ2) is 13.2. The molecule has 1 aromatic carbocycles. The summed E-state index contributed by atoms with van der Waals surface area (Å²) in [6.07, 6.45) is 2.45. The molecule has 4 atom stereocenters. The molecule has 1 saturated heterocycles. The monoisotopic (exact) mass is 501 g/mol. The molecule has 1 fully saturated rings. The van der Waals surface area contributed by atoms with Gasteiger partial charge in [0.05, 0.1) is 18.5 Å². The first-order chi connectivity index (χ1) is 17.3. The van der Waals surface area contributed by atoms with Crippen LogP contribution in [0.1, 0.15) is 56.8 Å². The second-order valence-corrected chi connectivity index (χ2v) is 9.47. The quantitative estimate of drug-likeness (QED) is 0.457. The smallest absolute Gasteiger partial charge is 0.255 e. The third kappa shape index (κ3) is 7.19. The number of rotatable bonds is 6. The van der Waals surface area contributed by atoms with E-state index in [2.05, 4.69) is 33.1 Å². The Kier molecular flexibility index (Phi) is 10.1. The Balaban J connectivity index is 1.82. The zero-order valence-electron chi connectivity index (χ0n) is 21.5. The summed E-state index contributed by atoms with van der Waals surface area (Å²) in [5, 5.41) is 11.2. The number of carbonyl (C=O) groups excluding carboxylic acids is 4. The summed E-state index contributed by atoms with van der Waals surface area (Å²) in [6.45, 7) is 8.62. The first-order valence-corrected chi connectivity index (χ1v) is 13.0. The van der Waals surface area contributed by atoms with E-state index in [1.54, 1.807) is 24.3 Å². The predicted molar refractivity (Wildman–Crippen MR) is 135 cm³/mol. The molecule has 2 heterocycles. The Morgan fingerprint density at radius 2 is 1.97 bits per heavy atom. The van der Waals surface area contributed by atoms with E-state index in [9.17, 15) is 19.2 Å². The molecule has 0 spiro atoms. The number of likely N-dealkylation sites (N-methyl/N-ethyl adjacent to an activating group) is 1. The lowest BCUT2D eigenvalue weighted by atomic mass is 9.97. The predicted octanol–water partition coefficient (Wildman–Crippen LogP) is 0.815. The lowest BCUT2D eigenvalue weighted by Crippen LogP contribution is -2.54. The molecule has 0 aliphatic carbocycles. The van der Waals surface area contributed by atoms with Crippen LogP contribution in [0.4, 0.5) is 0 Å². The molecule has 0 aromatic heterocycles. The van der Waals surface area contributed by atoms with E-state index < -0.39 is 29.8 Å². The Hall–Kier alpha value is -3.14. The van der Waals surface area contributed by atoms with Gasteiger partial charge in [0.2, 0.25) is 17.7 Å². The van der Waals surface area contributed by atoms with Crippen LogP contribution in [0.5, 0.6) is 5.75 Å². The highest BCUT2D eigenvalue weighted by atomic mass is 16.5. The summed E-state index contributed by atoms with van der Waals surface area (Å²) in [5.41, 5.74) is 0.254. The van der Waals surface area contributed by atoms with Crippen LogP contribution < -0.4 is 26.0 Å². The lowest BCUT2D eigenvalue weighted by Gasteiger charge is -2.27. The molecule has 1 aromatic rings. The molecule has 3 rings (SSSR count). The fourth-order valence-electron chi connectivity index (χ4n) is 4.67. The highest BCUT2D eigenvalue weighted by Gasteiger charge is 2.31. The zero-order valence-corrected chi connectivity index (χ0v) is 21.5. The van der Waals surface area contributed by atoms with E-state index in [0.29, 0.717) is 18.7 Å². The van der Waals surface area contributed by atoms with E-state index in [0.717, 1.165) is 25.9 Å². The molecule has 2 aliphatic heterocycles. The number of carbonyl (C=O) groups is 4. The van der Waals surface area contributed by atoms with Crippen LogP contribution in [0, 0.1) is 5.92 Å². The number of nitrogens with one attached hydrogen (secondary N) is 4. The van der Waals surface area contributed by atoms with Crippen molar-refractivity contribution < 1.29 is 23.9 Å². The van der Waals surface area contributed by atoms with Gasteiger partial charge in [-0.05, 0) is 44.0 Å². The minimum atomic E-state index is -1.11. The van der Waals surface area contributed by atoms with Crippen molar-refractivity contribution in [1.29, 1.82) is 0 Å². The summed E-state index contributed by atoms with van der Waals surface area (Å²) in [4.78, 5) is 54.5. The summed E-state index contributed by atoms with van der Waals surface area (Å²) in [5.74, 6) is -1.50. The minimum Gasteiger partial charge on any atom is -0.491 e. The van der Waals surface area contributed by atoms with Crippen LogP contribution >= 0.6 is 0 Å². The molecule has 2 aliphatic rings. The van der Waals surface area contributed by atoms with Gasteiger partial charge in [-0.25, -0.2) is 0 Å². The van der Waals surface area contributed by atoms with Gasteiger partial charge in [0, 0.05) is 12.6 Å². The van der Waals surface area contributed by atoms with Gasteiger partial charge in [0.15, 0.2) is 0 Å². The first kappa shape index (κ1) is 27.4. The number of hydrogen-bond acceptors (Lipinski definition) is 6. The van der Waals surface area contributed by atoms with Crippen LogP contribution in [0.25, 0.3) is 0 Å². The molecule has 0 radical (unpaired) electrons. The third-order valence-electron chi connectivity index (χ3n) is 7.03. The van der Waals surface area contributed by atoms with E-state index in [4.69, 9.17) is 4.74 Å². The van der Waals surface area contributed by atoms with Gasteiger partial charge in [0.25, 0.3) is 5.91 Å². The van der Waals surface area contributed by atoms with Gasteiger partial charge in [-0.15, -0.1) is 0 Å². The van der Waals surface area contributed by atoms with Crippen molar-refractivity contribution >= 4 is 23.6 Å². The van der Waals surface area contributed by atoms with Gasteiger partial charge < -0.3 is 26.0 Å². The van der Waals surface area contributed by atoms with Gasteiger partial charge >= 0.3 is 0 Å². The van der Waals surface area contributed by atoms with Crippen LogP contribution in [0.3, 0.4) is 0 Å². The number of amides is 4. The number of nitrogens with zero attached hydrogens (tertiary/aromatic N) is 1. The van der Waals surface area contributed by atoms with Crippen LogP contribution in [-0.2, 0) is 14.4 Å². The van der Waals surface area contributed by atoms with Crippen LogP contribution in [0.2, 0.25) is 0 Å². The highest BCUT2D eigenvalue weighted by Crippen LogP contribution is 2.19. The number of hydrogen-bond donors (Lipinski definition) is 4. The van der Waals surface area contributed by atoms with Gasteiger partial charge in [-0.1, -0.05) is 39.3 Å². The maximum Gasteiger partial charge on any atom is 0.255 e. The average Bonchev–Trinajstić information content (AvgIpc) is 3.34. The summed E-state index contributed by atoms with van der Waals surface area (Å²) in [7, 11) is 0. The van der Waals surface area contributed by atoms with Gasteiger partial charge in [-0.3, -0.25) is 24.1 Å². The third-order valence-corrected chi connectivity index (χ3v) is 7.03. The molecule has 0 unspecified atom stereocenters. The molecule has 10 nitrogen and oxygen atoms in total. The number of fused-ring (bicyclic) bond motifs is 1. The molecule has 4 amide bonds. The largest absolute Gasteiger partial charge is 0.491 e. The molecule has 0 saturated carbocycles. The van der Waals surface area contributed by atoms with Crippen molar-refractivity contribution in [3.63, 3.8) is 0 Å². The van der Waals surface area contributed by atoms with Gasteiger partial charge in [-0.2, -0.15) is 0 Å². The number of benzene rings is 1. The highest BCUT2D eigenvalue weighted by molar-refractivity contribution is 6.01. The lowest BCUT2D eigenvalue weighted by molar-refractivity contribution is -0.132. The molecule has 0 bridgehead atoms. The standard InChI is InChI=1S/C26H39N5O5/c1-4-17(3)23-26(35)27-12-14-36-21-11-7-6-10-19(21)24(33)29-20(15-22(32)30-23)25(34)28-16-18-9-8-13-31(18)5-2/h6-7,10-11,17-18,20,23H,4-5,8-9,12-16H2,1-3H3,(H,27,35)(H,28,34)(H,29,33)(H,30,32)/t17-,18-,20-,23-/m0/s1. The van der Waals surface area contributed by atoms with Crippen molar-refractivity contribution in [2.45, 2.75) is 64.6 Å². The van der Waals surface area contributed by atoms with E-state index in [1.165, 1.54) is 0 Å². The van der Waals surface area contributed by atoms with Crippen molar-refractivity contribution in [1.82, 2.24) is 26.2 Å². The SMILES string of the molecule is CC[C@H](C)[C@@H]1NC(=O)C[C@@H](C(=O)NC[C@@H]2CCCN2CC)NC(=O)c2ccccc2OCCNC1=O. The van der Waals surface area contributed by atoms with Crippen molar-refractivity contribution in [2.75, 3.05) is 32.8 Å². The minimum absolute atomic E-state index is 0.118. The Labute approximate surface area is 212 Å².